The van der Waals surface area contributed by atoms with Crippen LogP contribution in [0.15, 0.2) is 48.8 Å². The van der Waals surface area contributed by atoms with Crippen molar-refractivity contribution in [3.63, 3.8) is 0 Å². The number of carbonyl (C=O) groups excluding carboxylic acids is 1. The van der Waals surface area contributed by atoms with Gasteiger partial charge in [0.05, 0.1) is 11.9 Å². The van der Waals surface area contributed by atoms with Crippen LogP contribution in [0, 0.1) is 0 Å². The molecule has 0 aliphatic rings. The number of aromatic nitrogens is 1. The molecular formula is C18H23N3O3S. The lowest BCUT2D eigenvalue weighted by Gasteiger charge is -2.22. The van der Waals surface area contributed by atoms with Crippen molar-refractivity contribution in [1.29, 1.82) is 0 Å². The van der Waals surface area contributed by atoms with Crippen molar-refractivity contribution in [2.24, 2.45) is 0 Å². The maximum atomic E-state index is 12.1. The summed E-state index contributed by atoms with van der Waals surface area (Å²) in [6, 6.07) is 11.0. The second-order valence-electron chi connectivity index (χ2n) is 5.74. The quantitative estimate of drug-likeness (QED) is 0.781. The molecule has 1 amide bonds. The summed E-state index contributed by atoms with van der Waals surface area (Å²) in [7, 11) is -3.46. The van der Waals surface area contributed by atoms with Gasteiger partial charge >= 0.3 is 0 Å². The lowest BCUT2D eigenvalue weighted by Crippen LogP contribution is -2.34. The fourth-order valence-corrected chi connectivity index (χ4v) is 3.31. The van der Waals surface area contributed by atoms with E-state index in [1.165, 1.54) is 4.31 Å². The second kappa shape index (κ2) is 8.62. The van der Waals surface area contributed by atoms with Crippen LogP contribution in [-0.2, 0) is 27.8 Å². The molecule has 1 N–H and O–H groups in total. The average molecular weight is 361 g/mol. The third kappa shape index (κ3) is 5.86. The van der Waals surface area contributed by atoms with Crippen molar-refractivity contribution in [3.8, 4) is 0 Å². The zero-order valence-electron chi connectivity index (χ0n) is 14.5. The number of sulfonamides is 1. The summed E-state index contributed by atoms with van der Waals surface area (Å²) in [5, 5.41) is 2.78. The molecule has 0 aliphatic carbocycles. The molecule has 0 aliphatic heterocycles. The van der Waals surface area contributed by atoms with Gasteiger partial charge in [0.2, 0.25) is 15.9 Å². The van der Waals surface area contributed by atoms with Crippen molar-refractivity contribution >= 4 is 21.6 Å². The smallest absolute Gasteiger partial charge is 0.232 e. The van der Waals surface area contributed by atoms with Gasteiger partial charge in [0, 0.05) is 31.9 Å². The molecule has 25 heavy (non-hydrogen) atoms. The Kier molecular flexibility index (Phi) is 6.52. The Bertz CT molecular complexity index is 790. The molecule has 0 radical (unpaired) electrons. The fraction of sp³-hybridized carbons (Fsp3) is 0.333. The SMILES string of the molecule is CCc1ccc(N(CCC(=O)NCc2cccnc2)S(C)(=O)=O)cc1. The van der Waals surface area contributed by atoms with Crippen molar-refractivity contribution < 1.29 is 13.2 Å². The van der Waals surface area contributed by atoms with Crippen LogP contribution in [0.4, 0.5) is 5.69 Å². The molecule has 1 aromatic heterocycles. The average Bonchev–Trinajstić information content (AvgIpc) is 2.60. The van der Waals surface area contributed by atoms with Crippen LogP contribution in [0.5, 0.6) is 0 Å². The van der Waals surface area contributed by atoms with E-state index in [1.807, 2.05) is 25.1 Å². The molecule has 134 valence electrons. The molecule has 0 bridgehead atoms. The molecular weight excluding hydrogens is 338 g/mol. The minimum absolute atomic E-state index is 0.0862. The molecule has 2 aromatic rings. The number of aryl methyl sites for hydroxylation is 1. The first-order valence-electron chi connectivity index (χ1n) is 8.12. The van der Waals surface area contributed by atoms with Gasteiger partial charge in [-0.05, 0) is 35.7 Å². The van der Waals surface area contributed by atoms with Gasteiger partial charge in [0.15, 0.2) is 0 Å². The largest absolute Gasteiger partial charge is 0.352 e. The molecule has 0 spiro atoms. The van der Waals surface area contributed by atoms with E-state index in [0.29, 0.717) is 12.2 Å². The highest BCUT2D eigenvalue weighted by Crippen LogP contribution is 2.19. The Morgan fingerprint density at radius 1 is 1.16 bits per heavy atom. The third-order valence-corrected chi connectivity index (χ3v) is 4.98. The third-order valence-electron chi connectivity index (χ3n) is 3.79. The monoisotopic (exact) mass is 361 g/mol. The number of anilines is 1. The summed E-state index contributed by atoms with van der Waals surface area (Å²) in [6.45, 7) is 2.51. The van der Waals surface area contributed by atoms with Gasteiger partial charge in [0.1, 0.15) is 0 Å². The van der Waals surface area contributed by atoms with Crippen LogP contribution in [-0.4, -0.2) is 32.1 Å². The summed E-state index contributed by atoms with van der Waals surface area (Å²) in [6.07, 6.45) is 5.46. The Hall–Kier alpha value is -2.41. The van der Waals surface area contributed by atoms with E-state index >= 15 is 0 Å². The van der Waals surface area contributed by atoms with Crippen LogP contribution in [0.3, 0.4) is 0 Å². The van der Waals surface area contributed by atoms with Gasteiger partial charge in [-0.25, -0.2) is 8.42 Å². The molecule has 1 aromatic carbocycles. The maximum Gasteiger partial charge on any atom is 0.232 e. The van der Waals surface area contributed by atoms with Gasteiger partial charge in [-0.15, -0.1) is 0 Å². The number of rotatable bonds is 8. The highest BCUT2D eigenvalue weighted by atomic mass is 32.2. The molecule has 0 saturated carbocycles. The first-order chi connectivity index (χ1) is 11.9. The van der Waals surface area contributed by atoms with Crippen molar-refractivity contribution in [2.75, 3.05) is 17.1 Å². The summed E-state index contributed by atoms with van der Waals surface area (Å²) < 4.78 is 25.4. The molecule has 6 nitrogen and oxygen atoms in total. The lowest BCUT2D eigenvalue weighted by atomic mass is 10.1. The first-order valence-corrected chi connectivity index (χ1v) is 9.97. The number of pyridine rings is 1. The van der Waals surface area contributed by atoms with Crippen LogP contribution < -0.4 is 9.62 Å². The summed E-state index contributed by atoms with van der Waals surface area (Å²) in [5.41, 5.74) is 2.59. The van der Waals surface area contributed by atoms with Gasteiger partial charge in [-0.3, -0.25) is 14.1 Å². The van der Waals surface area contributed by atoms with Crippen molar-refractivity contribution in [3.05, 3.63) is 59.9 Å². The van der Waals surface area contributed by atoms with Gasteiger partial charge in [-0.1, -0.05) is 25.1 Å². The Balaban J connectivity index is 1.96. The zero-order chi connectivity index (χ0) is 18.3. The highest BCUT2D eigenvalue weighted by molar-refractivity contribution is 7.92. The molecule has 0 fully saturated rings. The number of nitrogens with zero attached hydrogens (tertiary/aromatic N) is 2. The number of amides is 1. The molecule has 0 saturated heterocycles. The Morgan fingerprint density at radius 3 is 2.44 bits per heavy atom. The van der Waals surface area contributed by atoms with Crippen molar-refractivity contribution in [1.82, 2.24) is 10.3 Å². The minimum atomic E-state index is -3.46. The van der Waals surface area contributed by atoms with E-state index in [-0.39, 0.29) is 18.9 Å². The second-order valence-corrected chi connectivity index (χ2v) is 7.65. The highest BCUT2D eigenvalue weighted by Gasteiger charge is 2.18. The molecule has 0 atom stereocenters. The summed E-state index contributed by atoms with van der Waals surface area (Å²) in [5.74, 6) is -0.206. The standard InChI is InChI=1S/C18H23N3O3S/c1-3-15-6-8-17(9-7-15)21(25(2,23)24)12-10-18(22)20-14-16-5-4-11-19-13-16/h4-9,11,13H,3,10,12,14H2,1-2H3,(H,20,22). The number of carbonyl (C=O) groups is 1. The van der Waals surface area contributed by atoms with Gasteiger partial charge in [0.25, 0.3) is 0 Å². The number of nitrogens with one attached hydrogen (secondary N) is 1. The lowest BCUT2D eigenvalue weighted by molar-refractivity contribution is -0.121. The predicted octanol–water partition coefficient (Wildman–Crippen LogP) is 2.12. The van der Waals surface area contributed by atoms with Gasteiger partial charge < -0.3 is 5.32 Å². The van der Waals surface area contributed by atoms with Crippen LogP contribution in [0.25, 0.3) is 0 Å². The topological polar surface area (TPSA) is 79.4 Å². The molecule has 7 heteroatoms. The minimum Gasteiger partial charge on any atom is -0.352 e. The number of hydrogen-bond donors (Lipinski definition) is 1. The molecule has 1 heterocycles. The van der Waals surface area contributed by atoms with Crippen molar-refractivity contribution in [2.45, 2.75) is 26.3 Å². The Labute approximate surface area is 148 Å². The fourth-order valence-electron chi connectivity index (χ4n) is 2.38. The summed E-state index contributed by atoms with van der Waals surface area (Å²) >= 11 is 0. The van der Waals surface area contributed by atoms with E-state index in [1.54, 1.807) is 30.6 Å². The normalized spacial score (nSPS) is 11.1. The molecule has 0 unspecified atom stereocenters. The molecule has 2 rings (SSSR count). The Morgan fingerprint density at radius 2 is 1.88 bits per heavy atom. The van der Waals surface area contributed by atoms with Crippen LogP contribution >= 0.6 is 0 Å². The van der Waals surface area contributed by atoms with E-state index in [9.17, 15) is 13.2 Å². The van der Waals surface area contributed by atoms with Crippen LogP contribution in [0.2, 0.25) is 0 Å². The summed E-state index contributed by atoms with van der Waals surface area (Å²) in [4.78, 5) is 16.0. The van der Waals surface area contributed by atoms with Gasteiger partial charge in [-0.2, -0.15) is 0 Å². The van der Waals surface area contributed by atoms with Crippen LogP contribution in [0.1, 0.15) is 24.5 Å². The van der Waals surface area contributed by atoms with E-state index in [2.05, 4.69) is 10.3 Å². The zero-order valence-corrected chi connectivity index (χ0v) is 15.3. The van der Waals surface area contributed by atoms with E-state index in [0.717, 1.165) is 23.8 Å². The van der Waals surface area contributed by atoms with E-state index < -0.39 is 10.0 Å². The number of benzene rings is 1. The number of hydrogen-bond acceptors (Lipinski definition) is 4. The maximum absolute atomic E-state index is 12.1. The predicted molar refractivity (Wildman–Crippen MR) is 98.7 cm³/mol. The first kappa shape index (κ1) is 18.9. The van der Waals surface area contributed by atoms with E-state index in [4.69, 9.17) is 0 Å².